The molecule has 6 nitrogen and oxygen atoms in total. The van der Waals surface area contributed by atoms with Crippen LogP contribution in [0, 0.1) is 0 Å². The van der Waals surface area contributed by atoms with Gasteiger partial charge in [0.15, 0.2) is 5.69 Å². The molecule has 1 fully saturated rings. The number of carbonyl (C=O) groups is 1. The molecule has 25 heavy (non-hydrogen) atoms. The Bertz CT molecular complexity index is 1050. The zero-order valence-electron chi connectivity index (χ0n) is 22.3. The molecule has 0 aliphatic carbocycles. The smallest absolute Gasteiger partial charge is 0.272 e. The molecule has 0 saturated carbocycles. The largest absolute Gasteiger partial charge is 0.497 e. The van der Waals surface area contributed by atoms with E-state index in [0.29, 0.717) is 24.1 Å². The number of rotatable bonds is 4. The number of nitrogens with one attached hydrogen (secondary N) is 1. The standard InChI is InChI=1S/C18H23ClN4O2/c1-22-8-4-5-12(11-22)20-18(24)16-10-17(23(2)21-16)14-7-6-13(25-3)9-15(14)19/h6-7,9-10,12H,4-5,8,11H2,1-3H3,(H,20,24)/t12-/m0/s1/i1D3,2D3,3D3. The Kier molecular flexibility index (Phi) is 2.86. The number of ether oxygens (including phenoxy) is 1. The Morgan fingerprint density at radius 1 is 1.44 bits per heavy atom. The van der Waals surface area contributed by atoms with Crippen molar-refractivity contribution in [1.29, 1.82) is 0 Å². The van der Waals surface area contributed by atoms with Gasteiger partial charge in [0.1, 0.15) is 5.75 Å². The average molecular weight is 372 g/mol. The highest BCUT2D eigenvalue weighted by Crippen LogP contribution is 2.31. The molecule has 134 valence electrons. The van der Waals surface area contributed by atoms with Crippen LogP contribution in [-0.4, -0.2) is 53.7 Å². The van der Waals surface area contributed by atoms with E-state index >= 15 is 0 Å². The Hall–Kier alpha value is -2.05. The third-order valence-corrected chi connectivity index (χ3v) is 4.35. The predicted octanol–water partition coefficient (Wildman–Crippen LogP) is 2.57. The summed E-state index contributed by atoms with van der Waals surface area (Å²) in [7, 11) is -2.69. The van der Waals surface area contributed by atoms with E-state index in [1.165, 1.54) is 29.2 Å². The van der Waals surface area contributed by atoms with E-state index in [1.54, 1.807) is 0 Å². The summed E-state index contributed by atoms with van der Waals surface area (Å²) in [5.41, 5.74) is 0.0350. The first-order valence-corrected chi connectivity index (χ1v) is 8.08. The lowest BCUT2D eigenvalue weighted by Gasteiger charge is -2.29. The van der Waals surface area contributed by atoms with Crippen molar-refractivity contribution in [2.45, 2.75) is 18.9 Å². The molecular weight excluding hydrogens is 340 g/mol. The van der Waals surface area contributed by atoms with E-state index in [-0.39, 0.29) is 34.3 Å². The molecule has 1 atom stereocenters. The summed E-state index contributed by atoms with van der Waals surface area (Å²) in [6, 6.07) is 4.74. The lowest BCUT2D eigenvalue weighted by molar-refractivity contribution is 0.0906. The number of piperidine rings is 1. The van der Waals surface area contributed by atoms with Crippen LogP contribution >= 0.6 is 11.6 Å². The molecule has 0 unspecified atom stereocenters. The molecule has 0 spiro atoms. The van der Waals surface area contributed by atoms with Gasteiger partial charge in [-0.15, -0.1) is 0 Å². The van der Waals surface area contributed by atoms with Crippen LogP contribution in [0.25, 0.3) is 11.3 Å². The van der Waals surface area contributed by atoms with Crippen LogP contribution in [0.1, 0.15) is 35.7 Å². The number of benzene rings is 1. The zero-order valence-corrected chi connectivity index (χ0v) is 14.0. The van der Waals surface area contributed by atoms with Crippen LogP contribution < -0.4 is 10.1 Å². The number of likely N-dealkylation sites (N-methyl/N-ethyl adjacent to an activating group) is 1. The van der Waals surface area contributed by atoms with E-state index in [0.717, 1.165) is 0 Å². The van der Waals surface area contributed by atoms with Crippen molar-refractivity contribution < 1.29 is 21.9 Å². The molecule has 7 heteroatoms. The van der Waals surface area contributed by atoms with Crippen LogP contribution in [0.5, 0.6) is 5.75 Å². The Morgan fingerprint density at radius 2 is 2.36 bits per heavy atom. The fourth-order valence-electron chi connectivity index (χ4n) is 2.81. The van der Waals surface area contributed by atoms with E-state index in [2.05, 4.69) is 10.4 Å². The topological polar surface area (TPSA) is 59.4 Å². The van der Waals surface area contributed by atoms with Crippen LogP contribution in [0.4, 0.5) is 0 Å². The van der Waals surface area contributed by atoms with Gasteiger partial charge in [-0.05, 0) is 50.6 Å². The summed E-state index contributed by atoms with van der Waals surface area (Å²) >= 11 is 6.27. The minimum atomic E-state index is -2.74. The first-order valence-electron chi connectivity index (χ1n) is 12.2. The van der Waals surface area contributed by atoms with Crippen molar-refractivity contribution in [3.63, 3.8) is 0 Å². The maximum Gasteiger partial charge on any atom is 0.272 e. The Balaban J connectivity index is 1.88. The molecule has 1 aromatic heterocycles. The molecule has 3 rings (SSSR count). The van der Waals surface area contributed by atoms with E-state index in [4.69, 9.17) is 28.7 Å². The van der Waals surface area contributed by atoms with Gasteiger partial charge in [-0.3, -0.25) is 9.48 Å². The molecule has 1 aliphatic rings. The van der Waals surface area contributed by atoms with Gasteiger partial charge in [-0.1, -0.05) is 11.6 Å². The fourth-order valence-corrected chi connectivity index (χ4v) is 3.07. The predicted molar refractivity (Wildman–Crippen MR) is 98.2 cm³/mol. The molecule has 1 saturated heterocycles. The number of aryl methyl sites for hydroxylation is 1. The number of hydrogen-bond donors (Lipinski definition) is 1. The van der Waals surface area contributed by atoms with Gasteiger partial charge >= 0.3 is 0 Å². The molecule has 2 heterocycles. The summed E-state index contributed by atoms with van der Waals surface area (Å²) in [6.07, 6.45) is 1.15. The SMILES string of the molecule is [2H]C([2H])([2H])Oc1ccc(-c2cc(C(=O)N[C@H]3CCCN(C([2H])([2H])[2H])C3)nn2C([2H])([2H])[2H])c(Cl)c1. The Morgan fingerprint density at radius 3 is 3.12 bits per heavy atom. The van der Waals surface area contributed by atoms with Gasteiger partial charge < -0.3 is 15.0 Å². The number of aromatic nitrogens is 2. The maximum absolute atomic E-state index is 12.8. The van der Waals surface area contributed by atoms with Crippen LogP contribution in [0.2, 0.25) is 5.02 Å². The summed E-state index contributed by atoms with van der Waals surface area (Å²) in [5, 5.41) is 6.68. The van der Waals surface area contributed by atoms with E-state index in [9.17, 15) is 4.79 Å². The molecule has 0 radical (unpaired) electrons. The molecule has 1 aromatic carbocycles. The molecule has 1 amide bonds. The first kappa shape index (κ1) is 9.59. The number of nitrogens with zero attached hydrogens (tertiary/aromatic N) is 3. The van der Waals surface area contributed by atoms with E-state index < -0.39 is 32.9 Å². The van der Waals surface area contributed by atoms with Crippen molar-refractivity contribution in [1.82, 2.24) is 20.0 Å². The average Bonchev–Trinajstić information content (AvgIpc) is 3.12. The van der Waals surface area contributed by atoms with Gasteiger partial charge in [0.2, 0.25) is 0 Å². The van der Waals surface area contributed by atoms with Crippen molar-refractivity contribution in [3.05, 3.63) is 35.0 Å². The zero-order chi connectivity index (χ0) is 25.5. The second-order valence-corrected chi connectivity index (χ2v) is 6.24. The number of methoxy groups -OCH3 is 1. The van der Waals surface area contributed by atoms with Crippen LogP contribution in [0.15, 0.2) is 24.3 Å². The second-order valence-electron chi connectivity index (χ2n) is 5.83. The van der Waals surface area contributed by atoms with E-state index in [1.807, 2.05) is 0 Å². The number of hydrogen-bond acceptors (Lipinski definition) is 4. The van der Waals surface area contributed by atoms with Gasteiger partial charge in [-0.2, -0.15) is 5.10 Å². The number of amides is 1. The summed E-state index contributed by atoms with van der Waals surface area (Å²) in [5.74, 6) is -0.692. The summed E-state index contributed by atoms with van der Waals surface area (Å²) in [6.45, 7) is -4.49. The van der Waals surface area contributed by atoms with Crippen LogP contribution in [0.3, 0.4) is 0 Å². The number of carbonyl (C=O) groups excluding carboxylic acids is 1. The number of likely N-dealkylation sites (tertiary alicyclic amines) is 1. The monoisotopic (exact) mass is 371 g/mol. The lowest BCUT2D eigenvalue weighted by atomic mass is 10.1. The lowest BCUT2D eigenvalue weighted by Crippen LogP contribution is -2.46. The molecule has 1 N–H and O–H groups in total. The van der Waals surface area contributed by atoms with Crippen LogP contribution in [-0.2, 0) is 6.98 Å². The molecular formula is C18H23ClN4O2. The molecule has 2 aromatic rings. The molecule has 1 aliphatic heterocycles. The third kappa shape index (κ3) is 3.96. The van der Waals surface area contributed by atoms with Crippen molar-refractivity contribution in [2.24, 2.45) is 6.98 Å². The molecule has 0 bridgehead atoms. The first-order chi connectivity index (χ1) is 15.5. The maximum atomic E-state index is 12.8. The highest BCUT2D eigenvalue weighted by molar-refractivity contribution is 6.33. The van der Waals surface area contributed by atoms with Gasteiger partial charge in [0.05, 0.1) is 21.9 Å². The minimum absolute atomic E-state index is 0.000271. The quantitative estimate of drug-likeness (QED) is 0.897. The van der Waals surface area contributed by atoms with Crippen molar-refractivity contribution in [3.8, 4) is 17.0 Å². The Labute approximate surface area is 165 Å². The summed E-state index contributed by atoms with van der Waals surface area (Å²) < 4.78 is 73.1. The van der Waals surface area contributed by atoms with Gasteiger partial charge in [0.25, 0.3) is 5.91 Å². The normalized spacial score (nSPS) is 25.0. The fraction of sp³-hybridized carbons (Fsp3) is 0.444. The summed E-state index contributed by atoms with van der Waals surface area (Å²) in [4.78, 5) is 14.1. The van der Waals surface area contributed by atoms with Crippen molar-refractivity contribution in [2.75, 3.05) is 27.1 Å². The number of halogens is 1. The highest BCUT2D eigenvalue weighted by Gasteiger charge is 2.22. The minimum Gasteiger partial charge on any atom is -0.497 e. The third-order valence-electron chi connectivity index (χ3n) is 4.03. The highest BCUT2D eigenvalue weighted by atomic mass is 35.5. The van der Waals surface area contributed by atoms with Crippen molar-refractivity contribution >= 4 is 17.5 Å². The van der Waals surface area contributed by atoms with Gasteiger partial charge in [-0.25, -0.2) is 0 Å². The second kappa shape index (κ2) is 7.45. The van der Waals surface area contributed by atoms with Gasteiger partial charge in [0, 0.05) is 33.4 Å².